The maximum atomic E-state index is 11.8. The Kier molecular flexibility index (Phi) is 4.50. The second-order valence-corrected chi connectivity index (χ2v) is 8.03. The van der Waals surface area contributed by atoms with Crippen LogP contribution in [0.4, 0.5) is 0 Å². The minimum Gasteiger partial charge on any atom is -0.457 e. The van der Waals surface area contributed by atoms with Gasteiger partial charge in [-0.25, -0.2) is 9.48 Å². The van der Waals surface area contributed by atoms with Gasteiger partial charge in [-0.3, -0.25) is 4.90 Å². The van der Waals surface area contributed by atoms with Crippen molar-refractivity contribution in [2.75, 3.05) is 19.7 Å². The van der Waals surface area contributed by atoms with Crippen molar-refractivity contribution in [2.45, 2.75) is 26.2 Å². The van der Waals surface area contributed by atoms with Gasteiger partial charge in [0.1, 0.15) is 6.61 Å². The molecule has 7 heteroatoms. The Hall–Kier alpha value is -2.48. The van der Waals surface area contributed by atoms with Crippen LogP contribution in [0.3, 0.4) is 0 Å². The summed E-state index contributed by atoms with van der Waals surface area (Å²) in [5, 5.41) is 8.63. The number of hydrogen-bond acceptors (Lipinski definition) is 6. The molecule has 144 valence electrons. The number of rotatable bonds is 4. The van der Waals surface area contributed by atoms with Gasteiger partial charge in [-0.05, 0) is 35.6 Å². The van der Waals surface area contributed by atoms with E-state index in [1.807, 2.05) is 23.0 Å². The van der Waals surface area contributed by atoms with Gasteiger partial charge in [0.2, 0.25) is 0 Å². The Bertz CT molecular complexity index is 1010. The first-order valence-electron chi connectivity index (χ1n) is 9.38. The van der Waals surface area contributed by atoms with Gasteiger partial charge in [-0.1, -0.05) is 6.07 Å². The molecule has 1 fully saturated rings. The highest BCUT2D eigenvalue weighted by Crippen LogP contribution is 2.32. The third-order valence-corrected chi connectivity index (χ3v) is 6.19. The molecule has 4 heterocycles. The summed E-state index contributed by atoms with van der Waals surface area (Å²) in [6.45, 7) is 5.67. The van der Waals surface area contributed by atoms with Crippen molar-refractivity contribution in [3.63, 3.8) is 0 Å². The zero-order valence-corrected chi connectivity index (χ0v) is 16.4. The van der Waals surface area contributed by atoms with Crippen molar-refractivity contribution in [3.8, 4) is 5.69 Å². The molecule has 28 heavy (non-hydrogen) atoms. The molecule has 2 aliphatic rings. The van der Waals surface area contributed by atoms with Gasteiger partial charge in [-0.2, -0.15) is 16.4 Å². The second kappa shape index (κ2) is 7.16. The lowest BCUT2D eigenvalue weighted by atomic mass is 9.94. The SMILES string of the molecule is Cc1c([C@@H]2CN(Cc3cnn(-c4ccsc4)c3)CCO2)ccc2c1COC2=O. The first kappa shape index (κ1) is 17.6. The Morgan fingerprint density at radius 2 is 2.25 bits per heavy atom. The monoisotopic (exact) mass is 395 g/mol. The van der Waals surface area contributed by atoms with E-state index >= 15 is 0 Å². The third kappa shape index (κ3) is 3.15. The second-order valence-electron chi connectivity index (χ2n) is 7.25. The van der Waals surface area contributed by atoms with Crippen molar-refractivity contribution in [1.29, 1.82) is 0 Å². The predicted octanol–water partition coefficient (Wildman–Crippen LogP) is 3.49. The molecule has 1 atom stereocenters. The Labute approximate surface area is 167 Å². The van der Waals surface area contributed by atoms with Gasteiger partial charge in [0, 0.05) is 42.3 Å². The summed E-state index contributed by atoms with van der Waals surface area (Å²) in [7, 11) is 0. The first-order chi connectivity index (χ1) is 13.7. The van der Waals surface area contributed by atoms with Crippen LogP contribution in [0.5, 0.6) is 0 Å². The van der Waals surface area contributed by atoms with E-state index in [1.54, 1.807) is 11.3 Å². The Morgan fingerprint density at radius 3 is 3.11 bits per heavy atom. The molecule has 2 aromatic heterocycles. The van der Waals surface area contributed by atoms with Crippen LogP contribution < -0.4 is 0 Å². The zero-order valence-electron chi connectivity index (χ0n) is 15.6. The van der Waals surface area contributed by atoms with Crippen molar-refractivity contribution in [3.05, 3.63) is 69.2 Å². The van der Waals surface area contributed by atoms with Crippen molar-refractivity contribution in [1.82, 2.24) is 14.7 Å². The summed E-state index contributed by atoms with van der Waals surface area (Å²) in [4.78, 5) is 14.2. The molecule has 5 rings (SSSR count). The van der Waals surface area contributed by atoms with E-state index in [1.165, 1.54) is 5.56 Å². The summed E-state index contributed by atoms with van der Waals surface area (Å²) >= 11 is 1.67. The molecular formula is C21H21N3O3S. The summed E-state index contributed by atoms with van der Waals surface area (Å²) in [5.74, 6) is -0.224. The lowest BCUT2D eigenvalue weighted by Gasteiger charge is -2.33. The molecule has 0 bridgehead atoms. The smallest absolute Gasteiger partial charge is 0.338 e. The number of aromatic nitrogens is 2. The van der Waals surface area contributed by atoms with E-state index in [4.69, 9.17) is 9.47 Å². The van der Waals surface area contributed by atoms with Gasteiger partial charge >= 0.3 is 5.97 Å². The molecule has 3 aromatic rings. The van der Waals surface area contributed by atoms with E-state index in [9.17, 15) is 4.79 Å². The van der Waals surface area contributed by atoms with Gasteiger partial charge in [0.15, 0.2) is 0 Å². The van der Waals surface area contributed by atoms with Crippen molar-refractivity contribution >= 4 is 17.3 Å². The molecule has 0 unspecified atom stereocenters. The lowest BCUT2D eigenvalue weighted by molar-refractivity contribution is -0.0332. The maximum Gasteiger partial charge on any atom is 0.338 e. The van der Waals surface area contributed by atoms with E-state index in [0.717, 1.165) is 42.0 Å². The summed E-state index contributed by atoms with van der Waals surface area (Å²) in [6.07, 6.45) is 4.03. The van der Waals surface area contributed by atoms with Crippen LogP contribution in [0, 0.1) is 6.92 Å². The predicted molar refractivity (Wildman–Crippen MR) is 106 cm³/mol. The highest BCUT2D eigenvalue weighted by molar-refractivity contribution is 7.08. The molecular weight excluding hydrogens is 374 g/mol. The average Bonchev–Trinajstić information content (AvgIpc) is 3.44. The molecule has 0 spiro atoms. The van der Waals surface area contributed by atoms with Crippen LogP contribution in [-0.2, 0) is 22.6 Å². The molecule has 1 aromatic carbocycles. The van der Waals surface area contributed by atoms with Crippen molar-refractivity contribution in [2.24, 2.45) is 0 Å². The molecule has 1 saturated heterocycles. The maximum absolute atomic E-state index is 11.8. The first-order valence-corrected chi connectivity index (χ1v) is 10.3. The van der Waals surface area contributed by atoms with Gasteiger partial charge in [-0.15, -0.1) is 0 Å². The molecule has 0 radical (unpaired) electrons. The van der Waals surface area contributed by atoms with Crippen LogP contribution >= 0.6 is 11.3 Å². The molecule has 6 nitrogen and oxygen atoms in total. The van der Waals surface area contributed by atoms with E-state index in [-0.39, 0.29) is 12.1 Å². The number of hydrogen-bond donors (Lipinski definition) is 0. The van der Waals surface area contributed by atoms with Gasteiger partial charge < -0.3 is 9.47 Å². The van der Waals surface area contributed by atoms with Gasteiger partial charge in [0.25, 0.3) is 0 Å². The third-order valence-electron chi connectivity index (χ3n) is 5.52. The quantitative estimate of drug-likeness (QED) is 0.633. The van der Waals surface area contributed by atoms with Crippen molar-refractivity contribution < 1.29 is 14.3 Å². The summed E-state index contributed by atoms with van der Waals surface area (Å²) in [5.41, 5.74) is 6.24. The highest BCUT2D eigenvalue weighted by Gasteiger charge is 2.29. The summed E-state index contributed by atoms with van der Waals surface area (Å²) < 4.78 is 13.2. The van der Waals surface area contributed by atoms with Gasteiger partial charge in [0.05, 0.1) is 30.2 Å². The average molecular weight is 395 g/mol. The van der Waals surface area contributed by atoms with E-state index in [2.05, 4.69) is 39.9 Å². The number of nitrogens with zero attached hydrogens (tertiary/aromatic N) is 3. The minimum atomic E-state index is -0.224. The fraction of sp³-hybridized carbons (Fsp3) is 0.333. The number of cyclic esters (lactones) is 1. The Balaban J connectivity index is 1.31. The lowest BCUT2D eigenvalue weighted by Crippen LogP contribution is -2.38. The normalized spacial score (nSPS) is 19.6. The number of esters is 1. The zero-order chi connectivity index (χ0) is 19.1. The molecule has 0 aliphatic carbocycles. The summed E-state index contributed by atoms with van der Waals surface area (Å²) in [6, 6.07) is 5.96. The number of thiophene rings is 1. The fourth-order valence-corrected chi connectivity index (χ4v) is 4.60. The molecule has 0 saturated carbocycles. The minimum absolute atomic E-state index is 0.00155. The largest absolute Gasteiger partial charge is 0.457 e. The number of benzene rings is 1. The number of carbonyl (C=O) groups excluding carboxylic acids is 1. The Morgan fingerprint density at radius 1 is 1.32 bits per heavy atom. The molecule has 0 N–H and O–H groups in total. The van der Waals surface area contributed by atoms with Crippen LogP contribution in [0.1, 0.15) is 38.7 Å². The van der Waals surface area contributed by atoms with E-state index < -0.39 is 0 Å². The number of carbonyl (C=O) groups is 1. The van der Waals surface area contributed by atoms with Crippen LogP contribution in [-0.4, -0.2) is 40.3 Å². The topological polar surface area (TPSA) is 56.6 Å². The number of fused-ring (bicyclic) bond motifs is 1. The van der Waals surface area contributed by atoms with E-state index in [0.29, 0.717) is 18.8 Å². The standard InChI is InChI=1S/C21H21N3O3S/c1-14-17(2-3-18-19(14)12-27-21(18)25)20-11-23(5-6-26-20)9-15-8-22-24(10-15)16-4-7-28-13-16/h2-4,7-8,10,13,20H,5-6,9,11-12H2,1H3/t20-/m0/s1. The molecule has 2 aliphatic heterocycles. The number of ether oxygens (including phenoxy) is 2. The number of morpholine rings is 1. The fourth-order valence-electron chi connectivity index (χ4n) is 3.98. The molecule has 0 amide bonds. The van der Waals surface area contributed by atoms with Crippen LogP contribution in [0.25, 0.3) is 5.69 Å². The van der Waals surface area contributed by atoms with Crippen LogP contribution in [0.15, 0.2) is 41.4 Å². The van der Waals surface area contributed by atoms with Crippen LogP contribution in [0.2, 0.25) is 0 Å². The highest BCUT2D eigenvalue weighted by atomic mass is 32.1.